The van der Waals surface area contributed by atoms with Crippen LogP contribution in [0.4, 0.5) is 5.69 Å². The lowest BCUT2D eigenvalue weighted by atomic mass is 10.0. The number of aromatic nitrogens is 2. The summed E-state index contributed by atoms with van der Waals surface area (Å²) in [6, 6.07) is 4.59. The minimum Gasteiger partial charge on any atom is -0.488 e. The lowest BCUT2D eigenvalue weighted by Crippen LogP contribution is -2.47. The molecular weight excluding hydrogens is 446 g/mol. The van der Waals surface area contributed by atoms with E-state index in [1.54, 1.807) is 34.7 Å². The van der Waals surface area contributed by atoms with E-state index in [9.17, 15) is 18.3 Å². The third-order valence-electron chi connectivity index (χ3n) is 5.67. The van der Waals surface area contributed by atoms with Gasteiger partial charge in [-0.1, -0.05) is 6.92 Å². The Kier molecular flexibility index (Phi) is 7.65. The van der Waals surface area contributed by atoms with Gasteiger partial charge in [-0.25, -0.2) is 4.98 Å². The van der Waals surface area contributed by atoms with E-state index in [2.05, 4.69) is 9.71 Å². The molecule has 1 aliphatic rings. The Balaban J connectivity index is 1.97. The number of likely N-dealkylation sites (N-methyl/N-ethyl adjacent to an activating group) is 1. The van der Waals surface area contributed by atoms with Gasteiger partial charge in [0.15, 0.2) is 5.03 Å². The van der Waals surface area contributed by atoms with Crippen molar-refractivity contribution in [1.29, 1.82) is 0 Å². The molecule has 2 heterocycles. The lowest BCUT2D eigenvalue weighted by molar-refractivity contribution is -0.134. The first-order valence-corrected chi connectivity index (χ1v) is 12.3. The lowest BCUT2D eigenvalue weighted by Gasteiger charge is -2.33. The number of fused-ring (bicyclic) bond motifs is 1. The molecule has 0 unspecified atom stereocenters. The number of imidazole rings is 1. The minimum atomic E-state index is -3.88. The van der Waals surface area contributed by atoms with Crippen LogP contribution in [0.25, 0.3) is 0 Å². The first kappa shape index (κ1) is 25.0. The maximum Gasteiger partial charge on any atom is 0.280 e. The molecule has 2 aromatic rings. The molecule has 0 aliphatic carbocycles. The van der Waals surface area contributed by atoms with Gasteiger partial charge in [-0.2, -0.15) is 8.42 Å². The number of benzene rings is 1. The molecular formula is C22H33N5O5S. The molecule has 3 rings (SSSR count). The van der Waals surface area contributed by atoms with Gasteiger partial charge in [0, 0.05) is 43.5 Å². The second-order valence-corrected chi connectivity index (χ2v) is 10.6. The predicted octanol–water partition coefficient (Wildman–Crippen LogP) is 0.932. The molecule has 11 heteroatoms. The molecule has 1 amide bonds. The molecule has 1 aliphatic heterocycles. The highest BCUT2D eigenvalue weighted by atomic mass is 32.2. The van der Waals surface area contributed by atoms with E-state index in [4.69, 9.17) is 4.74 Å². The maximum atomic E-state index is 13.2. The number of amides is 1. The Morgan fingerprint density at radius 2 is 2.09 bits per heavy atom. The first-order valence-electron chi connectivity index (χ1n) is 10.9. The Morgan fingerprint density at radius 1 is 1.36 bits per heavy atom. The molecule has 1 aromatic heterocycles. The van der Waals surface area contributed by atoms with Crippen LogP contribution in [0.3, 0.4) is 0 Å². The van der Waals surface area contributed by atoms with Crippen molar-refractivity contribution < 1.29 is 23.1 Å². The number of sulfonamides is 1. The molecule has 182 valence electrons. The number of aryl methyl sites for hydroxylation is 1. The predicted molar refractivity (Wildman–Crippen MR) is 125 cm³/mol. The summed E-state index contributed by atoms with van der Waals surface area (Å²) >= 11 is 0. The zero-order valence-corrected chi connectivity index (χ0v) is 20.5. The van der Waals surface area contributed by atoms with Crippen LogP contribution in [-0.4, -0.2) is 84.7 Å². The van der Waals surface area contributed by atoms with Crippen molar-refractivity contribution >= 4 is 21.6 Å². The average molecular weight is 480 g/mol. The van der Waals surface area contributed by atoms with Gasteiger partial charge in [-0.3, -0.25) is 9.52 Å². The van der Waals surface area contributed by atoms with Crippen LogP contribution in [0, 0.1) is 5.92 Å². The maximum absolute atomic E-state index is 13.2. The minimum absolute atomic E-state index is 0.0126. The number of hydrogen-bond acceptors (Lipinski definition) is 7. The van der Waals surface area contributed by atoms with Gasteiger partial charge in [0.2, 0.25) is 5.91 Å². The molecule has 0 bridgehead atoms. The number of carbonyl (C=O) groups is 1. The highest BCUT2D eigenvalue weighted by molar-refractivity contribution is 7.92. The summed E-state index contributed by atoms with van der Waals surface area (Å²) in [6.45, 7) is 4.78. The van der Waals surface area contributed by atoms with Gasteiger partial charge >= 0.3 is 0 Å². The van der Waals surface area contributed by atoms with Crippen molar-refractivity contribution in [3.05, 3.63) is 36.3 Å². The Hall–Kier alpha value is -2.63. The Morgan fingerprint density at radius 3 is 2.70 bits per heavy atom. The fourth-order valence-electron chi connectivity index (χ4n) is 3.81. The number of rotatable bonds is 7. The van der Waals surface area contributed by atoms with Gasteiger partial charge in [0.1, 0.15) is 11.9 Å². The van der Waals surface area contributed by atoms with Crippen molar-refractivity contribution in [2.75, 3.05) is 38.5 Å². The van der Waals surface area contributed by atoms with Gasteiger partial charge in [0.25, 0.3) is 10.0 Å². The van der Waals surface area contributed by atoms with Crippen molar-refractivity contribution in [1.82, 2.24) is 19.4 Å². The van der Waals surface area contributed by atoms with Crippen molar-refractivity contribution in [2.45, 2.75) is 37.4 Å². The Bertz CT molecular complexity index is 1080. The number of ether oxygens (including phenoxy) is 1. The smallest absolute Gasteiger partial charge is 0.280 e. The number of anilines is 1. The molecule has 1 aromatic carbocycles. The average Bonchev–Trinajstić information content (AvgIpc) is 3.19. The summed E-state index contributed by atoms with van der Waals surface area (Å²) in [4.78, 5) is 20.8. The van der Waals surface area contributed by atoms with E-state index in [0.29, 0.717) is 30.1 Å². The topological polar surface area (TPSA) is 117 Å². The molecule has 2 N–H and O–H groups in total. The van der Waals surface area contributed by atoms with Crippen molar-refractivity contribution in [2.24, 2.45) is 13.0 Å². The van der Waals surface area contributed by atoms with E-state index < -0.39 is 10.0 Å². The third-order valence-corrected chi connectivity index (χ3v) is 6.94. The monoisotopic (exact) mass is 479 g/mol. The van der Waals surface area contributed by atoms with E-state index in [1.165, 1.54) is 12.5 Å². The quantitative estimate of drug-likeness (QED) is 0.607. The summed E-state index contributed by atoms with van der Waals surface area (Å²) in [6.07, 6.45) is 2.65. The number of nitrogens with one attached hydrogen (secondary N) is 1. The second-order valence-electron chi connectivity index (χ2n) is 8.96. The third kappa shape index (κ3) is 6.04. The number of aliphatic hydroxyl groups is 1. The zero-order valence-electron chi connectivity index (χ0n) is 19.7. The second kappa shape index (κ2) is 10.1. The summed E-state index contributed by atoms with van der Waals surface area (Å²) in [5.41, 5.74) is 0.892. The van der Waals surface area contributed by atoms with Gasteiger partial charge in [0.05, 0.1) is 25.4 Å². The summed E-state index contributed by atoms with van der Waals surface area (Å²) in [5, 5.41) is 9.60. The normalized spacial score (nSPS) is 20.5. The molecule has 3 atom stereocenters. The first-order chi connectivity index (χ1) is 15.5. The van der Waals surface area contributed by atoms with Gasteiger partial charge in [-0.05, 0) is 39.2 Å². The van der Waals surface area contributed by atoms with Crippen LogP contribution in [0.5, 0.6) is 5.75 Å². The van der Waals surface area contributed by atoms with Crippen molar-refractivity contribution in [3.63, 3.8) is 0 Å². The summed E-state index contributed by atoms with van der Waals surface area (Å²) < 4.78 is 35.8. The van der Waals surface area contributed by atoms with E-state index in [-0.39, 0.29) is 42.0 Å². The fraction of sp³-hybridized carbons (Fsp3) is 0.545. The Labute approximate surface area is 195 Å². The van der Waals surface area contributed by atoms with Gasteiger partial charge < -0.3 is 24.2 Å². The van der Waals surface area contributed by atoms with Crippen LogP contribution < -0.4 is 9.46 Å². The number of aliphatic hydroxyl groups excluding tert-OH is 1. The summed E-state index contributed by atoms with van der Waals surface area (Å²) in [5.74, 6) is 0.406. The number of nitrogens with zero attached hydrogens (tertiary/aromatic N) is 4. The van der Waals surface area contributed by atoms with Crippen LogP contribution in [-0.2, 0) is 28.3 Å². The number of carbonyl (C=O) groups excluding carboxylic acids is 1. The molecule has 33 heavy (non-hydrogen) atoms. The van der Waals surface area contributed by atoms with Crippen LogP contribution >= 0.6 is 0 Å². The summed E-state index contributed by atoms with van der Waals surface area (Å²) in [7, 11) is 1.72. The molecule has 0 saturated carbocycles. The molecule has 0 spiro atoms. The molecule has 0 saturated heterocycles. The van der Waals surface area contributed by atoms with E-state index in [1.807, 2.05) is 32.8 Å². The zero-order chi connectivity index (χ0) is 24.3. The highest BCUT2D eigenvalue weighted by Gasteiger charge is 2.31. The van der Waals surface area contributed by atoms with Crippen LogP contribution in [0.2, 0.25) is 0 Å². The van der Waals surface area contributed by atoms with Gasteiger partial charge in [-0.15, -0.1) is 0 Å². The SMILES string of the molecule is C[C@H]1CN([C@@H](C)CO)C(=O)Cc2cc(NS(=O)(=O)c3cn(C)cn3)ccc2O[C@@H]1CN(C)C. The molecule has 0 radical (unpaired) electrons. The number of hydrogen-bond donors (Lipinski definition) is 2. The van der Waals surface area contributed by atoms with Crippen LogP contribution in [0.1, 0.15) is 19.4 Å². The fourth-order valence-corrected chi connectivity index (χ4v) is 4.84. The van der Waals surface area contributed by atoms with E-state index >= 15 is 0 Å². The van der Waals surface area contributed by atoms with Crippen molar-refractivity contribution in [3.8, 4) is 5.75 Å². The van der Waals surface area contributed by atoms with Crippen LogP contribution in [0.15, 0.2) is 35.7 Å². The standard InChI is InChI=1S/C22H33N5O5S/c1-15-10-27(16(2)13-28)22(29)9-17-8-18(6-7-19(17)32-20(15)11-25(3)4)24-33(30,31)21-12-26(5)14-23-21/h6-8,12,14-16,20,24,28H,9-11,13H2,1-5H3/t15-,16-,20+/m0/s1. The highest BCUT2D eigenvalue weighted by Crippen LogP contribution is 2.30. The molecule has 10 nitrogen and oxygen atoms in total. The van der Waals surface area contributed by atoms with E-state index in [0.717, 1.165) is 0 Å². The molecule has 0 fully saturated rings. The largest absolute Gasteiger partial charge is 0.488 e.